The maximum absolute atomic E-state index is 13.5. The Kier molecular flexibility index (Phi) is 7.26. The number of nitro groups is 1. The number of ether oxygens (including phenoxy) is 1. The van der Waals surface area contributed by atoms with Crippen molar-refractivity contribution in [2.75, 3.05) is 44.3 Å². The third kappa shape index (κ3) is 5.31. The van der Waals surface area contributed by atoms with Crippen molar-refractivity contribution in [1.29, 1.82) is 0 Å². The number of rotatable bonds is 7. The van der Waals surface area contributed by atoms with Crippen LogP contribution in [-0.2, 0) is 25.2 Å². The van der Waals surface area contributed by atoms with Crippen LogP contribution in [0.25, 0.3) is 0 Å². The molecule has 2 aromatic heterocycles. The molecule has 3 atom stereocenters. The molecule has 0 aliphatic carbocycles. The van der Waals surface area contributed by atoms with E-state index in [9.17, 15) is 28.4 Å². The number of carbonyl (C=O) groups is 1. The second-order valence-electron chi connectivity index (χ2n) is 10.4. The topological polar surface area (TPSA) is 159 Å². The Hall–Kier alpha value is -2.56. The highest BCUT2D eigenvalue weighted by Crippen LogP contribution is 2.33. The first kappa shape index (κ1) is 27.0. The molecule has 38 heavy (non-hydrogen) atoms. The van der Waals surface area contributed by atoms with Crippen molar-refractivity contribution in [1.82, 2.24) is 19.2 Å². The van der Waals surface area contributed by atoms with Crippen LogP contribution in [0.1, 0.15) is 32.3 Å². The van der Waals surface area contributed by atoms with E-state index in [0.717, 1.165) is 0 Å². The fourth-order valence-electron chi connectivity index (χ4n) is 5.26. The molecule has 2 aromatic rings. The number of hydrogen-bond acceptors (Lipinski definition) is 12. The van der Waals surface area contributed by atoms with Crippen molar-refractivity contribution in [3.63, 3.8) is 0 Å². The number of thiophene rings is 1. The van der Waals surface area contributed by atoms with Crippen LogP contribution in [0.4, 0.5) is 10.9 Å². The fraction of sp³-hybridized carbons (Fsp3) is 0.609. The summed E-state index contributed by atoms with van der Waals surface area (Å²) in [5.74, 6) is 0.621. The number of aliphatic hydroxyl groups is 1. The fourth-order valence-corrected chi connectivity index (χ4v) is 7.99. The lowest BCUT2D eigenvalue weighted by Crippen LogP contribution is -2.64. The molecule has 2 bridgehead atoms. The number of fused-ring (bicyclic) bond motifs is 2. The van der Waals surface area contributed by atoms with Gasteiger partial charge in [0.25, 0.3) is 10.0 Å². The molecule has 1 N–H and O–H groups in total. The van der Waals surface area contributed by atoms with E-state index in [-0.39, 0.29) is 46.2 Å². The van der Waals surface area contributed by atoms with Crippen LogP contribution in [0, 0.1) is 10.1 Å². The van der Waals surface area contributed by atoms with Gasteiger partial charge in [0.2, 0.25) is 5.95 Å². The van der Waals surface area contributed by atoms with Gasteiger partial charge < -0.3 is 14.7 Å². The first-order chi connectivity index (χ1) is 17.9. The Morgan fingerprint density at radius 1 is 1.18 bits per heavy atom. The van der Waals surface area contributed by atoms with E-state index in [4.69, 9.17) is 4.74 Å². The number of carbonyl (C=O) groups excluding carboxylic acids is 1. The van der Waals surface area contributed by atoms with Crippen molar-refractivity contribution in [2.45, 2.75) is 54.6 Å². The summed E-state index contributed by atoms with van der Waals surface area (Å²) >= 11 is 0.638. The Morgan fingerprint density at radius 3 is 2.42 bits per heavy atom. The van der Waals surface area contributed by atoms with Crippen molar-refractivity contribution < 1.29 is 28.0 Å². The number of morpholine rings is 1. The molecule has 3 fully saturated rings. The van der Waals surface area contributed by atoms with Gasteiger partial charge in [0.15, 0.2) is 0 Å². The normalized spacial score (nSPS) is 25.5. The summed E-state index contributed by atoms with van der Waals surface area (Å²) in [6, 6.07) is 1.97. The standard InChI is InChI=1S/C23H30N6O7S2/c1-23(2,31)15-9-24-22(25-10-15)27-6-5-26(38(34,35)21-4-3-20(37-21)29(32)33)11-18(27)12-28-16-7-19(30)8-17(28)14-36-13-16/h3-4,9-10,16-18,31H,5-8,11-14H2,1-2H3/t16-,17+,18-/m1/s1. The molecular weight excluding hydrogens is 536 g/mol. The highest BCUT2D eigenvalue weighted by atomic mass is 32.2. The van der Waals surface area contributed by atoms with Gasteiger partial charge in [-0.3, -0.25) is 19.8 Å². The van der Waals surface area contributed by atoms with Crippen molar-refractivity contribution >= 4 is 38.1 Å². The van der Waals surface area contributed by atoms with Gasteiger partial charge in [0.05, 0.1) is 29.8 Å². The molecule has 0 unspecified atom stereocenters. The summed E-state index contributed by atoms with van der Waals surface area (Å²) in [5, 5.41) is 21.2. The smallest absolute Gasteiger partial charge is 0.325 e. The molecule has 3 aliphatic rings. The van der Waals surface area contributed by atoms with Gasteiger partial charge >= 0.3 is 5.00 Å². The van der Waals surface area contributed by atoms with Crippen molar-refractivity contribution in [3.8, 4) is 0 Å². The lowest BCUT2D eigenvalue weighted by molar-refractivity contribution is -0.380. The minimum absolute atomic E-state index is 0.0731. The van der Waals surface area contributed by atoms with Crippen LogP contribution in [0.3, 0.4) is 0 Å². The Labute approximate surface area is 224 Å². The van der Waals surface area contributed by atoms with Gasteiger partial charge in [-0.05, 0) is 31.3 Å². The molecule has 3 saturated heterocycles. The second kappa shape index (κ2) is 10.2. The van der Waals surface area contributed by atoms with Gasteiger partial charge in [-0.25, -0.2) is 18.4 Å². The number of Topliss-reactive ketones (excluding diaryl/α,β-unsaturated/α-hetero) is 1. The van der Waals surface area contributed by atoms with Gasteiger partial charge in [-0.2, -0.15) is 4.31 Å². The SMILES string of the molecule is CC(C)(O)c1cnc(N2CCN(S(=O)(=O)c3ccc([N+](=O)[O-])s3)C[C@@H]2CN2[C@@H]3COC[C@H]2CC(=O)C3)nc1. The zero-order valence-corrected chi connectivity index (χ0v) is 22.7. The first-order valence-corrected chi connectivity index (χ1v) is 14.6. The Bertz CT molecular complexity index is 1290. The molecule has 0 amide bonds. The Balaban J connectivity index is 1.43. The summed E-state index contributed by atoms with van der Waals surface area (Å²) in [6.07, 6.45) is 3.91. The third-order valence-electron chi connectivity index (χ3n) is 7.29. The predicted molar refractivity (Wildman–Crippen MR) is 137 cm³/mol. The number of piperazine rings is 1. The van der Waals surface area contributed by atoms with Gasteiger partial charge in [0, 0.05) is 75.1 Å². The number of nitrogens with zero attached hydrogens (tertiary/aromatic N) is 6. The van der Waals surface area contributed by atoms with Gasteiger partial charge in [-0.15, -0.1) is 0 Å². The highest BCUT2D eigenvalue weighted by Gasteiger charge is 2.43. The lowest BCUT2D eigenvalue weighted by atomic mass is 9.92. The molecule has 0 saturated carbocycles. The quantitative estimate of drug-likeness (QED) is 0.376. The maximum Gasteiger partial charge on any atom is 0.325 e. The second-order valence-corrected chi connectivity index (χ2v) is 13.6. The molecule has 0 aromatic carbocycles. The maximum atomic E-state index is 13.5. The van der Waals surface area contributed by atoms with Crippen LogP contribution in [-0.4, -0.2) is 101 Å². The zero-order valence-electron chi connectivity index (χ0n) is 21.1. The van der Waals surface area contributed by atoms with E-state index in [1.807, 2.05) is 4.90 Å². The monoisotopic (exact) mass is 566 g/mol. The number of ketones is 1. The summed E-state index contributed by atoms with van der Waals surface area (Å²) in [5.41, 5.74) is -0.550. The molecule has 13 nitrogen and oxygen atoms in total. The van der Waals surface area contributed by atoms with E-state index < -0.39 is 20.5 Å². The number of piperidine rings is 1. The number of sulfonamides is 1. The van der Waals surface area contributed by atoms with Gasteiger partial charge in [-0.1, -0.05) is 0 Å². The van der Waals surface area contributed by atoms with Crippen molar-refractivity contribution in [3.05, 3.63) is 40.2 Å². The molecule has 0 spiro atoms. The summed E-state index contributed by atoms with van der Waals surface area (Å²) in [7, 11) is -3.96. The van der Waals surface area contributed by atoms with E-state index in [1.165, 1.54) is 16.4 Å². The molecular formula is C23H30N6O7S2. The summed E-state index contributed by atoms with van der Waals surface area (Å²) < 4.78 is 33.9. The highest BCUT2D eigenvalue weighted by molar-refractivity contribution is 7.91. The number of hydrogen-bond donors (Lipinski definition) is 1. The molecule has 0 radical (unpaired) electrons. The van der Waals surface area contributed by atoms with Crippen LogP contribution in [0.5, 0.6) is 0 Å². The van der Waals surface area contributed by atoms with Crippen LogP contribution >= 0.6 is 11.3 Å². The number of aromatic nitrogens is 2. The summed E-state index contributed by atoms with van der Waals surface area (Å²) in [4.78, 5) is 35.9. The number of anilines is 1. The van der Waals surface area contributed by atoms with Gasteiger partial charge in [0.1, 0.15) is 9.99 Å². The van der Waals surface area contributed by atoms with E-state index >= 15 is 0 Å². The molecule has 5 rings (SSSR count). The van der Waals surface area contributed by atoms with E-state index in [2.05, 4.69) is 14.9 Å². The molecule has 206 valence electrons. The summed E-state index contributed by atoms with van der Waals surface area (Å²) in [6.45, 7) is 5.21. The lowest BCUT2D eigenvalue weighted by Gasteiger charge is -2.49. The molecule has 15 heteroatoms. The van der Waals surface area contributed by atoms with Crippen LogP contribution < -0.4 is 4.90 Å². The third-order valence-corrected chi connectivity index (χ3v) is 10.7. The van der Waals surface area contributed by atoms with E-state index in [1.54, 1.807) is 26.2 Å². The first-order valence-electron chi connectivity index (χ1n) is 12.3. The molecule has 5 heterocycles. The predicted octanol–water partition coefficient (Wildman–Crippen LogP) is 0.985. The molecule has 3 aliphatic heterocycles. The van der Waals surface area contributed by atoms with Crippen LogP contribution in [0.2, 0.25) is 0 Å². The minimum Gasteiger partial charge on any atom is -0.386 e. The van der Waals surface area contributed by atoms with E-state index in [0.29, 0.717) is 62.0 Å². The average molecular weight is 567 g/mol. The van der Waals surface area contributed by atoms with Crippen molar-refractivity contribution in [2.24, 2.45) is 0 Å². The largest absolute Gasteiger partial charge is 0.386 e. The minimum atomic E-state index is -3.96. The zero-order chi connectivity index (χ0) is 27.2. The average Bonchev–Trinajstić information content (AvgIpc) is 3.36. The Morgan fingerprint density at radius 2 is 1.84 bits per heavy atom. The van der Waals surface area contributed by atoms with Crippen LogP contribution in [0.15, 0.2) is 28.7 Å².